The molecule has 144 valence electrons. The first-order valence-electron chi connectivity index (χ1n) is 9.42. The average Bonchev–Trinajstić information content (AvgIpc) is 3.37. The normalized spacial score (nSPS) is 12.6. The van der Waals surface area contributed by atoms with Crippen molar-refractivity contribution in [2.75, 3.05) is 5.75 Å². The fourth-order valence-corrected chi connectivity index (χ4v) is 4.44. The van der Waals surface area contributed by atoms with Crippen LogP contribution >= 0.6 is 11.8 Å². The first-order valence-corrected chi connectivity index (χ1v) is 10.4. The fraction of sp³-hybridized carbons (Fsp3) is 0.136. The highest BCUT2D eigenvalue weighted by atomic mass is 32.2. The van der Waals surface area contributed by atoms with Crippen LogP contribution in [0.3, 0.4) is 0 Å². The number of fused-ring (bicyclic) bond motifs is 3. The van der Waals surface area contributed by atoms with Crippen molar-refractivity contribution >= 4 is 33.6 Å². The quantitative estimate of drug-likeness (QED) is 0.437. The van der Waals surface area contributed by atoms with Crippen LogP contribution in [-0.4, -0.2) is 41.7 Å². The number of para-hydroxylation sites is 3. The Morgan fingerprint density at radius 1 is 0.828 bits per heavy atom. The molecule has 0 bridgehead atoms. The standard InChI is InChI=1S/C22H19N5OS/c28-17(15-29-22-23-24-25-27(22)16-8-2-1-3-9-16)14-26-20-12-6-4-10-18(20)19-11-5-7-13-21(19)26/h1-13,17,28H,14-15H2. The van der Waals surface area contributed by atoms with E-state index in [1.165, 1.54) is 22.5 Å². The predicted octanol–water partition coefficient (Wildman–Crippen LogP) is 3.92. The second-order valence-electron chi connectivity index (χ2n) is 6.82. The monoisotopic (exact) mass is 401 g/mol. The molecule has 0 saturated carbocycles. The number of nitrogens with zero attached hydrogens (tertiary/aromatic N) is 5. The van der Waals surface area contributed by atoms with Crippen molar-refractivity contribution in [2.24, 2.45) is 0 Å². The molecule has 1 unspecified atom stereocenters. The number of aliphatic hydroxyl groups is 1. The molecule has 1 N–H and O–H groups in total. The largest absolute Gasteiger partial charge is 0.390 e. The van der Waals surface area contributed by atoms with E-state index < -0.39 is 6.10 Å². The van der Waals surface area contributed by atoms with Gasteiger partial charge in [-0.3, -0.25) is 0 Å². The van der Waals surface area contributed by atoms with E-state index in [-0.39, 0.29) is 0 Å². The summed E-state index contributed by atoms with van der Waals surface area (Å²) in [5.41, 5.74) is 3.16. The molecule has 6 nitrogen and oxygen atoms in total. The van der Waals surface area contributed by atoms with Gasteiger partial charge in [0.2, 0.25) is 5.16 Å². The van der Waals surface area contributed by atoms with E-state index in [2.05, 4.69) is 56.5 Å². The molecule has 2 heterocycles. The number of aromatic nitrogens is 5. The summed E-state index contributed by atoms with van der Waals surface area (Å²) >= 11 is 1.45. The third kappa shape index (κ3) is 3.39. The Labute approximate surface area is 171 Å². The lowest BCUT2D eigenvalue weighted by atomic mass is 10.2. The van der Waals surface area contributed by atoms with Gasteiger partial charge in [0.1, 0.15) is 0 Å². The zero-order valence-corrected chi connectivity index (χ0v) is 16.4. The van der Waals surface area contributed by atoms with Crippen molar-refractivity contribution in [2.45, 2.75) is 17.8 Å². The highest BCUT2D eigenvalue weighted by Crippen LogP contribution is 2.29. The van der Waals surface area contributed by atoms with Crippen LogP contribution in [0.15, 0.2) is 84.0 Å². The third-order valence-corrected chi connectivity index (χ3v) is 5.98. The van der Waals surface area contributed by atoms with Crippen LogP contribution in [-0.2, 0) is 6.54 Å². The van der Waals surface area contributed by atoms with E-state index >= 15 is 0 Å². The van der Waals surface area contributed by atoms with Crippen LogP contribution in [0.5, 0.6) is 0 Å². The number of hydrogen-bond acceptors (Lipinski definition) is 5. The predicted molar refractivity (Wildman–Crippen MR) is 115 cm³/mol. The topological polar surface area (TPSA) is 68.8 Å². The lowest BCUT2D eigenvalue weighted by Gasteiger charge is -2.13. The maximum atomic E-state index is 10.8. The minimum absolute atomic E-state index is 0.494. The maximum absolute atomic E-state index is 10.8. The molecule has 7 heteroatoms. The van der Waals surface area contributed by atoms with Crippen molar-refractivity contribution in [3.63, 3.8) is 0 Å². The molecular weight excluding hydrogens is 382 g/mol. The molecule has 0 fully saturated rings. The summed E-state index contributed by atoms with van der Waals surface area (Å²) in [4.78, 5) is 0. The Balaban J connectivity index is 1.37. The van der Waals surface area contributed by atoms with Crippen LogP contribution in [0.4, 0.5) is 0 Å². The summed E-state index contributed by atoms with van der Waals surface area (Å²) in [5.74, 6) is 0.494. The van der Waals surface area contributed by atoms with Gasteiger partial charge in [-0.05, 0) is 34.7 Å². The molecule has 0 spiro atoms. The summed E-state index contributed by atoms with van der Waals surface area (Å²) in [5, 5.41) is 25.8. The van der Waals surface area contributed by atoms with Crippen molar-refractivity contribution in [3.8, 4) is 5.69 Å². The van der Waals surface area contributed by atoms with Gasteiger partial charge in [0, 0.05) is 27.6 Å². The van der Waals surface area contributed by atoms with E-state index in [1.807, 2.05) is 42.5 Å². The Kier molecular flexibility index (Phi) is 4.75. The minimum atomic E-state index is -0.542. The SMILES string of the molecule is OC(CSc1nnnn1-c1ccccc1)Cn1c2ccccc2c2ccccc21. The van der Waals surface area contributed by atoms with E-state index in [0.717, 1.165) is 16.7 Å². The zero-order valence-electron chi connectivity index (χ0n) is 15.6. The minimum Gasteiger partial charge on any atom is -0.390 e. The molecule has 1 atom stereocenters. The number of benzene rings is 3. The molecule has 0 aliphatic heterocycles. The second kappa shape index (κ2) is 7.69. The van der Waals surface area contributed by atoms with Crippen molar-refractivity contribution in [3.05, 3.63) is 78.9 Å². The van der Waals surface area contributed by atoms with Crippen LogP contribution in [0, 0.1) is 0 Å². The molecule has 0 aliphatic rings. The number of aliphatic hydroxyl groups excluding tert-OH is 1. The summed E-state index contributed by atoms with van der Waals surface area (Å²) in [7, 11) is 0. The van der Waals surface area contributed by atoms with Gasteiger partial charge in [-0.15, -0.1) is 5.10 Å². The molecule has 0 amide bonds. The van der Waals surface area contributed by atoms with Crippen LogP contribution in [0.25, 0.3) is 27.5 Å². The lowest BCUT2D eigenvalue weighted by Crippen LogP contribution is -2.18. The number of thioether (sulfide) groups is 1. The van der Waals surface area contributed by atoms with E-state index in [0.29, 0.717) is 17.5 Å². The molecule has 0 radical (unpaired) electrons. The van der Waals surface area contributed by atoms with E-state index in [9.17, 15) is 5.11 Å². The van der Waals surface area contributed by atoms with Crippen LogP contribution in [0.1, 0.15) is 0 Å². The zero-order chi connectivity index (χ0) is 19.6. The van der Waals surface area contributed by atoms with Gasteiger partial charge in [0.15, 0.2) is 0 Å². The maximum Gasteiger partial charge on any atom is 0.214 e. The first-order chi connectivity index (χ1) is 14.3. The van der Waals surface area contributed by atoms with Crippen molar-refractivity contribution in [1.29, 1.82) is 0 Å². The average molecular weight is 401 g/mol. The van der Waals surface area contributed by atoms with Gasteiger partial charge in [0.05, 0.1) is 18.3 Å². The molecule has 3 aromatic carbocycles. The van der Waals surface area contributed by atoms with Crippen LogP contribution in [0.2, 0.25) is 0 Å². The molecule has 29 heavy (non-hydrogen) atoms. The summed E-state index contributed by atoms with van der Waals surface area (Å²) < 4.78 is 3.88. The second-order valence-corrected chi connectivity index (χ2v) is 7.81. The Morgan fingerprint density at radius 3 is 2.14 bits per heavy atom. The third-order valence-electron chi connectivity index (χ3n) is 4.92. The number of tetrazole rings is 1. The smallest absolute Gasteiger partial charge is 0.214 e. The van der Waals surface area contributed by atoms with Gasteiger partial charge in [-0.25, -0.2) is 0 Å². The highest BCUT2D eigenvalue weighted by Gasteiger charge is 2.16. The fourth-order valence-electron chi connectivity index (χ4n) is 3.63. The summed E-state index contributed by atoms with van der Waals surface area (Å²) in [6.07, 6.45) is -0.542. The first kappa shape index (κ1) is 17.9. The molecule has 0 saturated heterocycles. The molecule has 5 rings (SSSR count). The Bertz CT molecular complexity index is 1210. The number of hydrogen-bond donors (Lipinski definition) is 1. The van der Waals surface area contributed by atoms with E-state index in [1.54, 1.807) is 4.68 Å². The molecule has 0 aliphatic carbocycles. The Morgan fingerprint density at radius 2 is 1.45 bits per heavy atom. The van der Waals surface area contributed by atoms with Gasteiger partial charge in [-0.1, -0.05) is 66.4 Å². The summed E-state index contributed by atoms with van der Waals surface area (Å²) in [6, 6.07) is 26.4. The lowest BCUT2D eigenvalue weighted by molar-refractivity contribution is 0.181. The molecular formula is C22H19N5OS. The van der Waals surface area contributed by atoms with Gasteiger partial charge >= 0.3 is 0 Å². The molecule has 2 aromatic heterocycles. The number of rotatable bonds is 6. The van der Waals surface area contributed by atoms with Crippen molar-refractivity contribution in [1.82, 2.24) is 24.8 Å². The molecule has 5 aromatic rings. The van der Waals surface area contributed by atoms with E-state index in [4.69, 9.17) is 0 Å². The Hall–Kier alpha value is -3.16. The van der Waals surface area contributed by atoms with Crippen molar-refractivity contribution < 1.29 is 5.11 Å². The van der Waals surface area contributed by atoms with Gasteiger partial charge in [0.25, 0.3) is 0 Å². The highest BCUT2D eigenvalue weighted by molar-refractivity contribution is 7.99. The van der Waals surface area contributed by atoms with Gasteiger partial charge < -0.3 is 9.67 Å². The van der Waals surface area contributed by atoms with Gasteiger partial charge in [-0.2, -0.15) is 4.68 Å². The summed E-state index contributed by atoms with van der Waals surface area (Å²) in [6.45, 7) is 0.508. The van der Waals surface area contributed by atoms with Crippen LogP contribution < -0.4 is 0 Å².